The van der Waals surface area contributed by atoms with Crippen LogP contribution in [-0.4, -0.2) is 34.7 Å². The summed E-state index contributed by atoms with van der Waals surface area (Å²) in [5.74, 6) is 0.346. The second-order valence-corrected chi connectivity index (χ2v) is 5.00. The number of likely N-dealkylation sites (tertiary alicyclic amines) is 1. The topological polar surface area (TPSA) is 28.4 Å². The molecule has 0 spiro atoms. The standard InChI is InChI=1S/C14H18N2O/c1-15-7-5-12(6-8-15)16-9-4-11-10-13(17)2-3-14(11)16/h2-4,9-10,12,17H,5-8H2,1H3. The summed E-state index contributed by atoms with van der Waals surface area (Å²) in [6.45, 7) is 2.34. The lowest BCUT2D eigenvalue weighted by molar-refractivity contribution is 0.224. The van der Waals surface area contributed by atoms with Gasteiger partial charge in [-0.25, -0.2) is 0 Å². The van der Waals surface area contributed by atoms with E-state index in [1.807, 2.05) is 12.1 Å². The predicted octanol–water partition coefficient (Wildman–Crippen LogP) is 2.61. The molecule has 1 fully saturated rings. The molecule has 0 bridgehead atoms. The summed E-state index contributed by atoms with van der Waals surface area (Å²) in [5.41, 5.74) is 1.23. The quantitative estimate of drug-likeness (QED) is 0.815. The van der Waals surface area contributed by atoms with Gasteiger partial charge in [0.25, 0.3) is 0 Å². The van der Waals surface area contributed by atoms with Gasteiger partial charge in [0, 0.05) is 23.1 Å². The molecule has 17 heavy (non-hydrogen) atoms. The van der Waals surface area contributed by atoms with Crippen LogP contribution in [0.15, 0.2) is 30.5 Å². The van der Waals surface area contributed by atoms with Crippen LogP contribution in [0.1, 0.15) is 18.9 Å². The molecule has 2 aromatic rings. The van der Waals surface area contributed by atoms with Gasteiger partial charge in [-0.2, -0.15) is 0 Å². The van der Waals surface area contributed by atoms with Crippen LogP contribution in [-0.2, 0) is 0 Å². The zero-order chi connectivity index (χ0) is 11.8. The van der Waals surface area contributed by atoms with Gasteiger partial charge in [0.1, 0.15) is 5.75 Å². The lowest BCUT2D eigenvalue weighted by Gasteiger charge is -2.30. The third kappa shape index (κ3) is 1.91. The summed E-state index contributed by atoms with van der Waals surface area (Å²) in [7, 11) is 2.18. The van der Waals surface area contributed by atoms with E-state index in [9.17, 15) is 5.11 Å². The van der Waals surface area contributed by atoms with Crippen molar-refractivity contribution in [3.05, 3.63) is 30.5 Å². The Bertz CT molecular complexity index is 524. The molecule has 2 heterocycles. The first-order chi connectivity index (χ1) is 8.24. The fourth-order valence-electron chi connectivity index (χ4n) is 2.74. The molecule has 1 aliphatic heterocycles. The molecule has 3 rings (SSSR count). The van der Waals surface area contributed by atoms with Crippen LogP contribution >= 0.6 is 0 Å². The van der Waals surface area contributed by atoms with Crippen LogP contribution in [0.2, 0.25) is 0 Å². The predicted molar refractivity (Wildman–Crippen MR) is 69.4 cm³/mol. The first-order valence-electron chi connectivity index (χ1n) is 6.22. The van der Waals surface area contributed by atoms with E-state index in [0.29, 0.717) is 11.8 Å². The maximum absolute atomic E-state index is 9.47. The fraction of sp³-hybridized carbons (Fsp3) is 0.429. The summed E-state index contributed by atoms with van der Waals surface area (Å²) in [4.78, 5) is 2.38. The summed E-state index contributed by atoms with van der Waals surface area (Å²) in [6.07, 6.45) is 4.57. The van der Waals surface area contributed by atoms with E-state index in [2.05, 4.69) is 28.8 Å². The largest absolute Gasteiger partial charge is 0.508 e. The maximum Gasteiger partial charge on any atom is 0.116 e. The maximum atomic E-state index is 9.47. The monoisotopic (exact) mass is 230 g/mol. The summed E-state index contributed by atoms with van der Waals surface area (Å²) in [6, 6.07) is 8.32. The molecule has 0 unspecified atom stereocenters. The van der Waals surface area contributed by atoms with Crippen molar-refractivity contribution in [2.24, 2.45) is 0 Å². The molecule has 1 aliphatic rings. The van der Waals surface area contributed by atoms with Gasteiger partial charge >= 0.3 is 0 Å². The molecular formula is C14H18N2O. The highest BCUT2D eigenvalue weighted by molar-refractivity contribution is 5.81. The van der Waals surface area contributed by atoms with Gasteiger partial charge in [-0.1, -0.05) is 0 Å². The Morgan fingerprint density at radius 3 is 2.71 bits per heavy atom. The van der Waals surface area contributed by atoms with Crippen LogP contribution in [0, 0.1) is 0 Å². The summed E-state index contributed by atoms with van der Waals surface area (Å²) >= 11 is 0. The lowest BCUT2D eigenvalue weighted by Crippen LogP contribution is -2.31. The molecule has 0 radical (unpaired) electrons. The van der Waals surface area contributed by atoms with E-state index in [0.717, 1.165) is 5.39 Å². The van der Waals surface area contributed by atoms with Gasteiger partial charge in [-0.3, -0.25) is 0 Å². The van der Waals surface area contributed by atoms with Crippen LogP contribution < -0.4 is 0 Å². The Labute approximate surface area is 101 Å². The SMILES string of the molecule is CN1CCC(n2ccc3cc(O)ccc32)CC1. The van der Waals surface area contributed by atoms with E-state index in [4.69, 9.17) is 0 Å². The molecule has 0 saturated carbocycles. The highest BCUT2D eigenvalue weighted by Crippen LogP contribution is 2.28. The first-order valence-corrected chi connectivity index (χ1v) is 6.22. The molecule has 1 aromatic heterocycles. The smallest absolute Gasteiger partial charge is 0.116 e. The number of nitrogens with zero attached hydrogens (tertiary/aromatic N) is 2. The molecular weight excluding hydrogens is 212 g/mol. The average molecular weight is 230 g/mol. The molecule has 1 aromatic carbocycles. The Hall–Kier alpha value is -1.48. The molecule has 0 amide bonds. The van der Waals surface area contributed by atoms with E-state index < -0.39 is 0 Å². The van der Waals surface area contributed by atoms with Crippen molar-refractivity contribution < 1.29 is 5.11 Å². The highest BCUT2D eigenvalue weighted by atomic mass is 16.3. The number of phenolic OH excluding ortho intramolecular Hbond substituents is 1. The average Bonchev–Trinajstić information content (AvgIpc) is 2.73. The van der Waals surface area contributed by atoms with Crippen LogP contribution in [0.4, 0.5) is 0 Å². The van der Waals surface area contributed by atoms with E-state index in [-0.39, 0.29) is 0 Å². The van der Waals surface area contributed by atoms with Crippen LogP contribution in [0.3, 0.4) is 0 Å². The van der Waals surface area contributed by atoms with Crippen molar-refractivity contribution >= 4 is 10.9 Å². The van der Waals surface area contributed by atoms with Crippen molar-refractivity contribution in [3.63, 3.8) is 0 Å². The van der Waals surface area contributed by atoms with Crippen molar-refractivity contribution in [1.82, 2.24) is 9.47 Å². The van der Waals surface area contributed by atoms with Crippen LogP contribution in [0.5, 0.6) is 5.75 Å². The molecule has 1 saturated heterocycles. The zero-order valence-corrected chi connectivity index (χ0v) is 10.1. The van der Waals surface area contributed by atoms with Crippen LogP contribution in [0.25, 0.3) is 10.9 Å². The number of benzene rings is 1. The third-order valence-electron chi connectivity index (χ3n) is 3.79. The van der Waals surface area contributed by atoms with E-state index in [1.165, 1.54) is 31.4 Å². The number of fused-ring (bicyclic) bond motifs is 1. The van der Waals surface area contributed by atoms with Crippen molar-refractivity contribution in [2.45, 2.75) is 18.9 Å². The number of phenols is 1. The number of piperidine rings is 1. The number of aromatic hydroxyl groups is 1. The number of hydrogen-bond acceptors (Lipinski definition) is 2. The minimum Gasteiger partial charge on any atom is -0.508 e. The summed E-state index contributed by atoms with van der Waals surface area (Å²) < 4.78 is 2.36. The minimum absolute atomic E-state index is 0.346. The van der Waals surface area contributed by atoms with E-state index >= 15 is 0 Å². The Kier molecular flexibility index (Phi) is 2.56. The van der Waals surface area contributed by atoms with Crippen molar-refractivity contribution in [3.8, 4) is 5.75 Å². The minimum atomic E-state index is 0.346. The lowest BCUT2D eigenvalue weighted by atomic mass is 10.1. The molecule has 0 aliphatic carbocycles. The molecule has 3 heteroatoms. The normalized spacial score (nSPS) is 18.9. The van der Waals surface area contributed by atoms with Crippen molar-refractivity contribution in [1.29, 1.82) is 0 Å². The Balaban J connectivity index is 1.95. The molecule has 3 nitrogen and oxygen atoms in total. The Morgan fingerprint density at radius 2 is 1.94 bits per heavy atom. The van der Waals surface area contributed by atoms with E-state index in [1.54, 1.807) is 6.07 Å². The second kappa shape index (κ2) is 4.08. The van der Waals surface area contributed by atoms with Gasteiger partial charge in [0.2, 0.25) is 0 Å². The molecule has 1 N–H and O–H groups in total. The van der Waals surface area contributed by atoms with Gasteiger partial charge in [0.05, 0.1) is 0 Å². The summed E-state index contributed by atoms with van der Waals surface area (Å²) in [5, 5.41) is 10.6. The van der Waals surface area contributed by atoms with Gasteiger partial charge in [-0.05, 0) is 57.2 Å². The fourth-order valence-corrected chi connectivity index (χ4v) is 2.74. The zero-order valence-electron chi connectivity index (χ0n) is 10.1. The Morgan fingerprint density at radius 1 is 1.18 bits per heavy atom. The number of hydrogen-bond donors (Lipinski definition) is 1. The number of aromatic nitrogens is 1. The van der Waals surface area contributed by atoms with Gasteiger partial charge in [-0.15, -0.1) is 0 Å². The molecule has 90 valence electrons. The first kappa shape index (κ1) is 10.7. The van der Waals surface area contributed by atoms with Crippen molar-refractivity contribution in [2.75, 3.05) is 20.1 Å². The molecule has 0 atom stereocenters. The third-order valence-corrected chi connectivity index (χ3v) is 3.79. The van der Waals surface area contributed by atoms with Gasteiger partial charge < -0.3 is 14.6 Å². The van der Waals surface area contributed by atoms with Gasteiger partial charge in [0.15, 0.2) is 0 Å². The number of rotatable bonds is 1. The highest BCUT2D eigenvalue weighted by Gasteiger charge is 2.19. The second-order valence-electron chi connectivity index (χ2n) is 5.00.